The molecule has 19 heavy (non-hydrogen) atoms. The minimum atomic E-state index is -0.885. The van der Waals surface area contributed by atoms with Crippen LogP contribution in [0, 0.1) is 12.7 Å². The van der Waals surface area contributed by atoms with Crippen LogP contribution in [-0.2, 0) is 9.53 Å². The number of amides is 2. The smallest absolute Gasteiger partial charge is 0.248 e. The highest BCUT2D eigenvalue weighted by molar-refractivity contribution is 5.98. The predicted octanol–water partition coefficient (Wildman–Crippen LogP) is 0.145. The fourth-order valence-corrected chi connectivity index (χ4v) is 1.43. The normalized spacial score (nSPS) is 12.0. The third-order valence-electron chi connectivity index (χ3n) is 2.57. The topological polar surface area (TPSA) is 107 Å². The third kappa shape index (κ3) is 3.73. The van der Waals surface area contributed by atoms with Gasteiger partial charge in [-0.3, -0.25) is 9.59 Å². The highest BCUT2D eigenvalue weighted by atomic mass is 19.1. The monoisotopic (exact) mass is 269 g/mol. The third-order valence-corrected chi connectivity index (χ3v) is 2.57. The van der Waals surface area contributed by atoms with Crippen LogP contribution in [0.25, 0.3) is 0 Å². The number of methoxy groups -OCH3 is 1. The second-order valence-electron chi connectivity index (χ2n) is 4.05. The quantitative estimate of drug-likeness (QED) is 0.706. The van der Waals surface area contributed by atoms with Gasteiger partial charge in [-0.1, -0.05) is 0 Å². The molecular formula is C12H16FN3O3. The van der Waals surface area contributed by atoms with Crippen molar-refractivity contribution in [1.29, 1.82) is 0 Å². The van der Waals surface area contributed by atoms with Crippen LogP contribution in [0.15, 0.2) is 12.1 Å². The first kappa shape index (κ1) is 15.1. The van der Waals surface area contributed by atoms with Crippen LogP contribution < -0.4 is 16.8 Å². The molecule has 0 saturated carbocycles. The van der Waals surface area contributed by atoms with Gasteiger partial charge < -0.3 is 21.5 Å². The van der Waals surface area contributed by atoms with Crippen molar-refractivity contribution in [3.05, 3.63) is 29.1 Å². The Balaban J connectivity index is 3.00. The van der Waals surface area contributed by atoms with Gasteiger partial charge in [0.15, 0.2) is 0 Å². The summed E-state index contributed by atoms with van der Waals surface area (Å²) in [5.74, 6) is -1.95. The average Bonchev–Trinajstić information content (AvgIpc) is 2.34. The van der Waals surface area contributed by atoms with E-state index in [1.807, 2.05) is 0 Å². The molecule has 1 aromatic rings. The second-order valence-corrected chi connectivity index (χ2v) is 4.05. The van der Waals surface area contributed by atoms with Gasteiger partial charge in [-0.2, -0.15) is 0 Å². The summed E-state index contributed by atoms with van der Waals surface area (Å²) in [5, 5.41) is 2.44. The van der Waals surface area contributed by atoms with Gasteiger partial charge in [-0.25, -0.2) is 4.39 Å². The van der Waals surface area contributed by atoms with Crippen molar-refractivity contribution >= 4 is 17.5 Å². The first-order valence-electron chi connectivity index (χ1n) is 5.52. The Kier molecular flexibility index (Phi) is 4.96. The molecule has 0 radical (unpaired) electrons. The Hall–Kier alpha value is -1.99. The van der Waals surface area contributed by atoms with E-state index in [-0.39, 0.29) is 23.4 Å². The van der Waals surface area contributed by atoms with E-state index < -0.39 is 23.7 Å². The van der Waals surface area contributed by atoms with Crippen LogP contribution in [0.1, 0.15) is 15.9 Å². The summed E-state index contributed by atoms with van der Waals surface area (Å²) in [5.41, 5.74) is 10.9. The van der Waals surface area contributed by atoms with Crippen LogP contribution in [0.3, 0.4) is 0 Å². The average molecular weight is 269 g/mol. The lowest BCUT2D eigenvalue weighted by Gasteiger charge is -2.14. The number of halogens is 1. The molecule has 6 nitrogen and oxygen atoms in total. The van der Waals surface area contributed by atoms with E-state index in [0.717, 1.165) is 6.07 Å². The molecule has 5 N–H and O–H groups in total. The van der Waals surface area contributed by atoms with Gasteiger partial charge in [0, 0.05) is 23.9 Å². The SMILES string of the molecule is COCC(N)C(=O)Nc1cc(C(N)=O)cc(F)c1C. The number of nitrogens with one attached hydrogen (secondary N) is 1. The van der Waals surface area contributed by atoms with E-state index in [1.165, 1.54) is 20.1 Å². The zero-order chi connectivity index (χ0) is 14.6. The molecule has 1 aromatic carbocycles. The summed E-state index contributed by atoms with van der Waals surface area (Å²) in [7, 11) is 1.41. The van der Waals surface area contributed by atoms with Gasteiger partial charge in [0.25, 0.3) is 0 Å². The van der Waals surface area contributed by atoms with Crippen molar-refractivity contribution in [3.63, 3.8) is 0 Å². The molecule has 0 heterocycles. The molecule has 7 heteroatoms. The Labute approximate surface area is 109 Å². The number of hydrogen-bond acceptors (Lipinski definition) is 4. The number of primary amides is 1. The molecule has 1 rings (SSSR count). The van der Waals surface area contributed by atoms with Gasteiger partial charge in [-0.15, -0.1) is 0 Å². The van der Waals surface area contributed by atoms with Gasteiger partial charge in [0.05, 0.1) is 6.61 Å². The first-order valence-corrected chi connectivity index (χ1v) is 5.52. The second kappa shape index (κ2) is 6.26. The number of rotatable bonds is 5. The molecule has 0 aliphatic heterocycles. The number of carbonyl (C=O) groups excluding carboxylic acids is 2. The number of ether oxygens (including phenoxy) is 1. The minimum Gasteiger partial charge on any atom is -0.383 e. The van der Waals surface area contributed by atoms with Crippen molar-refractivity contribution in [1.82, 2.24) is 0 Å². The molecule has 0 aliphatic rings. The maximum absolute atomic E-state index is 13.6. The molecular weight excluding hydrogens is 253 g/mol. The lowest BCUT2D eigenvalue weighted by molar-refractivity contribution is -0.118. The van der Waals surface area contributed by atoms with Crippen LogP contribution in [-0.4, -0.2) is 31.6 Å². The van der Waals surface area contributed by atoms with Crippen LogP contribution >= 0.6 is 0 Å². The molecule has 0 aliphatic carbocycles. The van der Waals surface area contributed by atoms with Crippen molar-refractivity contribution in [2.75, 3.05) is 19.0 Å². The fraction of sp³-hybridized carbons (Fsp3) is 0.333. The fourth-order valence-electron chi connectivity index (χ4n) is 1.43. The van der Waals surface area contributed by atoms with Gasteiger partial charge >= 0.3 is 0 Å². The molecule has 104 valence electrons. The summed E-state index contributed by atoms with van der Waals surface area (Å²) in [6.07, 6.45) is 0. The molecule has 0 aromatic heterocycles. The summed E-state index contributed by atoms with van der Waals surface area (Å²) in [4.78, 5) is 22.7. The maximum atomic E-state index is 13.6. The lowest BCUT2D eigenvalue weighted by Crippen LogP contribution is -2.39. The van der Waals surface area contributed by atoms with E-state index in [9.17, 15) is 14.0 Å². The summed E-state index contributed by atoms with van der Waals surface area (Å²) in [6, 6.07) is 1.44. The molecule has 0 fully saturated rings. The van der Waals surface area contributed by atoms with E-state index in [4.69, 9.17) is 16.2 Å². The molecule has 0 saturated heterocycles. The zero-order valence-electron chi connectivity index (χ0n) is 10.7. The largest absolute Gasteiger partial charge is 0.383 e. The molecule has 0 spiro atoms. The Morgan fingerprint density at radius 2 is 2.11 bits per heavy atom. The number of nitrogens with two attached hydrogens (primary N) is 2. The standard InChI is InChI=1S/C12H16FN3O3/c1-6-8(13)3-7(11(15)17)4-10(6)16-12(18)9(14)5-19-2/h3-4,9H,5,14H2,1-2H3,(H2,15,17)(H,16,18). The molecule has 0 bridgehead atoms. The Bertz CT molecular complexity index is 505. The molecule has 1 atom stereocenters. The number of benzene rings is 1. The van der Waals surface area contributed by atoms with Crippen LogP contribution in [0.5, 0.6) is 0 Å². The summed E-state index contributed by atoms with van der Waals surface area (Å²) < 4.78 is 18.3. The molecule has 2 amide bonds. The Morgan fingerprint density at radius 3 is 2.63 bits per heavy atom. The van der Waals surface area contributed by atoms with Crippen molar-refractivity contribution < 1.29 is 18.7 Å². The number of carbonyl (C=O) groups is 2. The van der Waals surface area contributed by atoms with Crippen molar-refractivity contribution in [3.8, 4) is 0 Å². The highest BCUT2D eigenvalue weighted by Gasteiger charge is 2.17. The van der Waals surface area contributed by atoms with Crippen molar-refractivity contribution in [2.45, 2.75) is 13.0 Å². The molecule has 1 unspecified atom stereocenters. The number of hydrogen-bond donors (Lipinski definition) is 3. The lowest BCUT2D eigenvalue weighted by atomic mass is 10.1. The highest BCUT2D eigenvalue weighted by Crippen LogP contribution is 2.20. The van der Waals surface area contributed by atoms with Gasteiger partial charge in [-0.05, 0) is 19.1 Å². The predicted molar refractivity (Wildman–Crippen MR) is 68.1 cm³/mol. The summed E-state index contributed by atoms with van der Waals surface area (Å²) >= 11 is 0. The Morgan fingerprint density at radius 1 is 1.47 bits per heavy atom. The van der Waals surface area contributed by atoms with Crippen molar-refractivity contribution in [2.24, 2.45) is 11.5 Å². The number of anilines is 1. The maximum Gasteiger partial charge on any atom is 0.248 e. The summed E-state index contributed by atoms with van der Waals surface area (Å²) in [6.45, 7) is 1.50. The van der Waals surface area contributed by atoms with Crippen LogP contribution in [0.2, 0.25) is 0 Å². The van der Waals surface area contributed by atoms with E-state index in [0.29, 0.717) is 0 Å². The van der Waals surface area contributed by atoms with E-state index in [2.05, 4.69) is 5.32 Å². The minimum absolute atomic E-state index is 0.0290. The van der Waals surface area contributed by atoms with Gasteiger partial charge in [0.1, 0.15) is 11.9 Å². The van der Waals surface area contributed by atoms with E-state index in [1.54, 1.807) is 0 Å². The van der Waals surface area contributed by atoms with E-state index >= 15 is 0 Å². The van der Waals surface area contributed by atoms with Gasteiger partial charge in [0.2, 0.25) is 11.8 Å². The van der Waals surface area contributed by atoms with Crippen LogP contribution in [0.4, 0.5) is 10.1 Å². The first-order chi connectivity index (χ1) is 8.86. The zero-order valence-corrected chi connectivity index (χ0v) is 10.7.